The van der Waals surface area contributed by atoms with Gasteiger partial charge in [0, 0.05) is 20.1 Å². The van der Waals surface area contributed by atoms with E-state index < -0.39 is 5.54 Å². The molecule has 5 heteroatoms. The van der Waals surface area contributed by atoms with Crippen molar-refractivity contribution in [2.45, 2.75) is 31.7 Å². The largest absolute Gasteiger partial charge is 0.509 e. The maximum absolute atomic E-state index is 12.3. The summed E-state index contributed by atoms with van der Waals surface area (Å²) >= 11 is 0. The average molecular weight is 266 g/mol. The number of piperidine rings is 1. The standard InChI is InChI=1S/C14H22N2O3/c1-5-10(2)11-12(17)14(15(3)13(11)18)6-8-16(19-4)9-7-14/h17H,2,5-9H2,1,3-4H3. The van der Waals surface area contributed by atoms with E-state index in [9.17, 15) is 9.90 Å². The summed E-state index contributed by atoms with van der Waals surface area (Å²) in [6.07, 6.45) is 2.02. The van der Waals surface area contributed by atoms with Crippen LogP contribution in [0.4, 0.5) is 0 Å². The van der Waals surface area contributed by atoms with Crippen molar-refractivity contribution in [1.82, 2.24) is 9.96 Å². The SMILES string of the molecule is C=C(CC)C1=C(O)C2(CCN(OC)CC2)N(C)C1=O. The number of rotatable bonds is 3. The van der Waals surface area contributed by atoms with Gasteiger partial charge in [0.15, 0.2) is 0 Å². The van der Waals surface area contributed by atoms with Crippen LogP contribution in [0, 0.1) is 0 Å². The second-order valence-electron chi connectivity index (χ2n) is 5.19. The molecule has 2 aliphatic rings. The molecule has 0 bridgehead atoms. The Balaban J connectivity index is 2.34. The maximum Gasteiger partial charge on any atom is 0.258 e. The lowest BCUT2D eigenvalue weighted by Crippen LogP contribution is -2.53. The topological polar surface area (TPSA) is 53.0 Å². The van der Waals surface area contributed by atoms with Crippen molar-refractivity contribution in [1.29, 1.82) is 0 Å². The first kappa shape index (κ1) is 14.1. The van der Waals surface area contributed by atoms with Crippen LogP contribution in [0.1, 0.15) is 26.2 Å². The minimum absolute atomic E-state index is 0.116. The third-order valence-corrected chi connectivity index (χ3v) is 4.43. The first-order valence-electron chi connectivity index (χ1n) is 6.67. The molecular weight excluding hydrogens is 244 g/mol. The van der Waals surface area contributed by atoms with E-state index in [2.05, 4.69) is 6.58 Å². The summed E-state index contributed by atoms with van der Waals surface area (Å²) in [5.41, 5.74) is 0.552. The number of carbonyl (C=O) groups is 1. The first-order chi connectivity index (χ1) is 8.97. The molecule has 0 radical (unpaired) electrons. The number of amides is 1. The van der Waals surface area contributed by atoms with Crippen molar-refractivity contribution in [3.8, 4) is 0 Å². The van der Waals surface area contributed by atoms with Gasteiger partial charge in [-0.05, 0) is 24.8 Å². The molecule has 0 aromatic carbocycles. The van der Waals surface area contributed by atoms with Crippen LogP contribution in [0.2, 0.25) is 0 Å². The van der Waals surface area contributed by atoms with E-state index in [0.717, 1.165) is 0 Å². The van der Waals surface area contributed by atoms with E-state index in [4.69, 9.17) is 4.84 Å². The number of hydrogen-bond donors (Lipinski definition) is 1. The van der Waals surface area contributed by atoms with Gasteiger partial charge in [-0.3, -0.25) is 4.79 Å². The second kappa shape index (κ2) is 4.98. The van der Waals surface area contributed by atoms with Crippen molar-refractivity contribution >= 4 is 5.91 Å². The summed E-state index contributed by atoms with van der Waals surface area (Å²) in [5, 5.41) is 12.4. The molecule has 19 heavy (non-hydrogen) atoms. The highest BCUT2D eigenvalue weighted by atomic mass is 16.7. The fourth-order valence-electron chi connectivity index (χ4n) is 2.96. The highest BCUT2D eigenvalue weighted by Crippen LogP contribution is 2.43. The summed E-state index contributed by atoms with van der Waals surface area (Å²) in [6, 6.07) is 0. The second-order valence-corrected chi connectivity index (χ2v) is 5.19. The molecule has 0 aliphatic carbocycles. The molecule has 1 fully saturated rings. The van der Waals surface area contributed by atoms with Crippen LogP contribution < -0.4 is 0 Å². The van der Waals surface area contributed by atoms with Crippen molar-refractivity contribution in [3.05, 3.63) is 23.5 Å². The number of hydrogen-bond acceptors (Lipinski definition) is 4. The smallest absolute Gasteiger partial charge is 0.258 e. The van der Waals surface area contributed by atoms with E-state index >= 15 is 0 Å². The molecule has 2 rings (SSSR count). The van der Waals surface area contributed by atoms with Crippen LogP contribution in [-0.2, 0) is 9.63 Å². The molecule has 0 saturated carbocycles. The van der Waals surface area contributed by atoms with Gasteiger partial charge in [0.25, 0.3) is 5.91 Å². The molecule has 1 spiro atoms. The van der Waals surface area contributed by atoms with Crippen LogP contribution in [0.5, 0.6) is 0 Å². The molecule has 106 valence electrons. The van der Waals surface area contributed by atoms with E-state index in [1.54, 1.807) is 19.1 Å². The molecule has 5 nitrogen and oxygen atoms in total. The number of likely N-dealkylation sites (N-methyl/N-ethyl adjacent to an activating group) is 1. The molecule has 0 unspecified atom stereocenters. The van der Waals surface area contributed by atoms with Gasteiger partial charge >= 0.3 is 0 Å². The number of nitrogens with zero attached hydrogens (tertiary/aromatic N) is 2. The van der Waals surface area contributed by atoms with Crippen molar-refractivity contribution < 1.29 is 14.7 Å². The molecule has 1 saturated heterocycles. The number of aliphatic hydroxyl groups is 1. The summed E-state index contributed by atoms with van der Waals surface area (Å²) in [7, 11) is 3.40. The van der Waals surface area contributed by atoms with Crippen molar-refractivity contribution in [2.75, 3.05) is 27.2 Å². The van der Waals surface area contributed by atoms with E-state index in [1.165, 1.54) is 0 Å². The molecular formula is C14H22N2O3. The van der Waals surface area contributed by atoms with Gasteiger partial charge in [-0.2, -0.15) is 5.06 Å². The number of hydroxylamine groups is 2. The number of carbonyl (C=O) groups excluding carboxylic acids is 1. The fourth-order valence-corrected chi connectivity index (χ4v) is 2.96. The highest BCUT2D eigenvalue weighted by molar-refractivity contribution is 6.01. The molecule has 1 N–H and O–H groups in total. The predicted octanol–water partition coefficient (Wildman–Crippen LogP) is 1.63. The Kier molecular flexibility index (Phi) is 3.69. The predicted molar refractivity (Wildman–Crippen MR) is 72.4 cm³/mol. The van der Waals surface area contributed by atoms with E-state index in [1.807, 2.05) is 12.0 Å². The zero-order chi connectivity index (χ0) is 14.2. The fraction of sp³-hybridized carbons (Fsp3) is 0.643. The Bertz CT molecular complexity index is 434. The summed E-state index contributed by atoms with van der Waals surface area (Å²) in [5.74, 6) is 0.0813. The Hall–Kier alpha value is -1.33. The van der Waals surface area contributed by atoms with Crippen LogP contribution in [-0.4, -0.2) is 53.8 Å². The first-order valence-corrected chi connectivity index (χ1v) is 6.67. The Morgan fingerprint density at radius 3 is 2.53 bits per heavy atom. The molecule has 0 aromatic heterocycles. The molecule has 2 aliphatic heterocycles. The van der Waals surface area contributed by atoms with Crippen LogP contribution >= 0.6 is 0 Å². The summed E-state index contributed by atoms with van der Waals surface area (Å²) in [6.45, 7) is 7.23. The van der Waals surface area contributed by atoms with Gasteiger partial charge in [-0.1, -0.05) is 13.5 Å². The zero-order valence-corrected chi connectivity index (χ0v) is 11.9. The number of aliphatic hydroxyl groups excluding tert-OH is 1. The third kappa shape index (κ3) is 1.97. The molecule has 0 aromatic rings. The monoisotopic (exact) mass is 266 g/mol. The highest BCUT2D eigenvalue weighted by Gasteiger charge is 2.51. The van der Waals surface area contributed by atoms with E-state index in [-0.39, 0.29) is 11.7 Å². The van der Waals surface area contributed by atoms with Crippen LogP contribution in [0.3, 0.4) is 0 Å². The minimum Gasteiger partial charge on any atom is -0.509 e. The molecule has 0 atom stereocenters. The van der Waals surface area contributed by atoms with Gasteiger partial charge in [0.1, 0.15) is 11.3 Å². The Morgan fingerprint density at radius 2 is 2.05 bits per heavy atom. The Labute approximate surface area is 114 Å². The van der Waals surface area contributed by atoms with Gasteiger partial charge < -0.3 is 14.8 Å². The van der Waals surface area contributed by atoms with Gasteiger partial charge in [-0.25, -0.2) is 0 Å². The zero-order valence-electron chi connectivity index (χ0n) is 11.9. The van der Waals surface area contributed by atoms with Gasteiger partial charge in [0.2, 0.25) is 0 Å². The van der Waals surface area contributed by atoms with Gasteiger partial charge in [-0.15, -0.1) is 0 Å². The summed E-state index contributed by atoms with van der Waals surface area (Å²) in [4.78, 5) is 19.2. The maximum atomic E-state index is 12.3. The lowest BCUT2D eigenvalue weighted by atomic mass is 9.85. The summed E-state index contributed by atoms with van der Waals surface area (Å²) < 4.78 is 0. The molecule has 2 heterocycles. The van der Waals surface area contributed by atoms with Crippen molar-refractivity contribution in [2.24, 2.45) is 0 Å². The van der Waals surface area contributed by atoms with Crippen molar-refractivity contribution in [3.63, 3.8) is 0 Å². The minimum atomic E-state index is -0.570. The normalized spacial score (nSPS) is 23.5. The quantitative estimate of drug-likeness (QED) is 0.843. The third-order valence-electron chi connectivity index (χ3n) is 4.43. The average Bonchev–Trinajstić information content (AvgIpc) is 2.61. The lowest BCUT2D eigenvalue weighted by Gasteiger charge is -2.42. The lowest BCUT2D eigenvalue weighted by molar-refractivity contribution is -0.162. The van der Waals surface area contributed by atoms with Crippen LogP contribution in [0.25, 0.3) is 0 Å². The molecule has 1 amide bonds. The Morgan fingerprint density at radius 1 is 1.47 bits per heavy atom. The van der Waals surface area contributed by atoms with E-state index in [0.29, 0.717) is 43.5 Å². The van der Waals surface area contributed by atoms with Crippen LogP contribution in [0.15, 0.2) is 23.5 Å². The van der Waals surface area contributed by atoms with Gasteiger partial charge in [0.05, 0.1) is 12.7 Å².